The number of carbonyl (C=O) groups excluding carboxylic acids is 1. The lowest BCUT2D eigenvalue weighted by atomic mass is 9.62. The Labute approximate surface area is 144 Å². The molecule has 0 bridgehead atoms. The molecular weight excluding hydrogens is 300 g/mol. The van der Waals surface area contributed by atoms with Crippen molar-refractivity contribution in [2.24, 2.45) is 11.3 Å². The van der Waals surface area contributed by atoms with Crippen molar-refractivity contribution in [3.8, 4) is 5.75 Å². The first-order chi connectivity index (χ1) is 11.5. The van der Waals surface area contributed by atoms with Gasteiger partial charge in [-0.05, 0) is 73.3 Å². The highest BCUT2D eigenvalue weighted by Crippen LogP contribution is 2.58. The maximum absolute atomic E-state index is 11.5. The SMILES string of the molecule is COc1ccc2c(c1)CCC1=C2CC[C@@]2(C)[C@@H]1CC[C@H]2OC(C)=O. The molecule has 3 aliphatic rings. The molecule has 0 aromatic heterocycles. The summed E-state index contributed by atoms with van der Waals surface area (Å²) in [7, 11) is 1.73. The number of hydrogen-bond donors (Lipinski definition) is 0. The van der Waals surface area contributed by atoms with Gasteiger partial charge in [0.15, 0.2) is 0 Å². The van der Waals surface area contributed by atoms with E-state index in [1.54, 1.807) is 18.3 Å². The number of aryl methyl sites for hydroxylation is 1. The first kappa shape index (κ1) is 15.7. The van der Waals surface area contributed by atoms with Gasteiger partial charge in [-0.2, -0.15) is 0 Å². The number of ether oxygens (including phenoxy) is 2. The number of rotatable bonds is 2. The van der Waals surface area contributed by atoms with E-state index in [4.69, 9.17) is 9.47 Å². The van der Waals surface area contributed by atoms with Crippen LogP contribution in [0.4, 0.5) is 0 Å². The van der Waals surface area contributed by atoms with E-state index in [-0.39, 0.29) is 17.5 Å². The molecule has 3 aliphatic carbocycles. The van der Waals surface area contributed by atoms with Crippen LogP contribution < -0.4 is 4.74 Å². The van der Waals surface area contributed by atoms with Crippen molar-refractivity contribution in [2.75, 3.05) is 7.11 Å². The molecule has 0 radical (unpaired) electrons. The van der Waals surface area contributed by atoms with Gasteiger partial charge in [-0.15, -0.1) is 0 Å². The average Bonchev–Trinajstić information content (AvgIpc) is 2.90. The van der Waals surface area contributed by atoms with Crippen molar-refractivity contribution in [2.45, 2.75) is 58.5 Å². The van der Waals surface area contributed by atoms with E-state index in [0.29, 0.717) is 5.92 Å². The Balaban J connectivity index is 1.70. The largest absolute Gasteiger partial charge is 0.497 e. The molecule has 1 fully saturated rings. The molecule has 0 spiro atoms. The van der Waals surface area contributed by atoms with E-state index in [1.807, 2.05) is 0 Å². The summed E-state index contributed by atoms with van der Waals surface area (Å²) in [4.78, 5) is 11.5. The predicted octanol–water partition coefficient (Wildman–Crippen LogP) is 4.54. The number of benzene rings is 1. The molecule has 0 amide bonds. The van der Waals surface area contributed by atoms with Crippen LogP contribution in [0.5, 0.6) is 5.75 Å². The number of fused-ring (bicyclic) bond motifs is 4. The quantitative estimate of drug-likeness (QED) is 0.749. The zero-order valence-corrected chi connectivity index (χ0v) is 14.9. The van der Waals surface area contributed by atoms with Crippen LogP contribution in [-0.2, 0) is 16.0 Å². The van der Waals surface area contributed by atoms with Crippen LogP contribution in [0.25, 0.3) is 5.57 Å². The fourth-order valence-electron chi connectivity index (χ4n) is 5.37. The van der Waals surface area contributed by atoms with E-state index in [2.05, 4.69) is 25.1 Å². The lowest BCUT2D eigenvalue weighted by Crippen LogP contribution is -2.39. The van der Waals surface area contributed by atoms with E-state index in [0.717, 1.165) is 44.3 Å². The molecule has 3 nitrogen and oxygen atoms in total. The minimum absolute atomic E-state index is 0.0892. The summed E-state index contributed by atoms with van der Waals surface area (Å²) < 4.78 is 11.1. The molecule has 0 N–H and O–H groups in total. The molecule has 1 aromatic rings. The zero-order valence-electron chi connectivity index (χ0n) is 14.9. The summed E-state index contributed by atoms with van der Waals surface area (Å²) in [6, 6.07) is 6.52. The predicted molar refractivity (Wildman–Crippen MR) is 93.9 cm³/mol. The molecule has 1 saturated carbocycles. The van der Waals surface area contributed by atoms with Crippen LogP contribution in [0.2, 0.25) is 0 Å². The van der Waals surface area contributed by atoms with Crippen LogP contribution in [0.15, 0.2) is 23.8 Å². The van der Waals surface area contributed by atoms with E-state index in [1.165, 1.54) is 18.1 Å². The minimum Gasteiger partial charge on any atom is -0.497 e. The maximum atomic E-state index is 11.5. The summed E-state index contributed by atoms with van der Waals surface area (Å²) in [6.07, 6.45) is 6.69. The Morgan fingerprint density at radius 2 is 2.04 bits per heavy atom. The molecule has 0 saturated heterocycles. The fourth-order valence-corrected chi connectivity index (χ4v) is 5.37. The van der Waals surface area contributed by atoms with E-state index >= 15 is 0 Å². The highest BCUT2D eigenvalue weighted by atomic mass is 16.5. The zero-order chi connectivity index (χ0) is 16.9. The van der Waals surface area contributed by atoms with Gasteiger partial charge in [-0.3, -0.25) is 4.79 Å². The van der Waals surface area contributed by atoms with Crippen molar-refractivity contribution in [3.63, 3.8) is 0 Å². The van der Waals surface area contributed by atoms with E-state index < -0.39 is 0 Å². The molecule has 1 aromatic carbocycles. The molecule has 0 aliphatic heterocycles. The summed E-state index contributed by atoms with van der Waals surface area (Å²) in [5.74, 6) is 1.39. The van der Waals surface area contributed by atoms with Gasteiger partial charge in [0.05, 0.1) is 7.11 Å². The third-order valence-corrected chi connectivity index (χ3v) is 6.58. The highest BCUT2D eigenvalue weighted by molar-refractivity contribution is 5.75. The number of carbonyl (C=O) groups is 1. The van der Waals surface area contributed by atoms with E-state index in [9.17, 15) is 4.79 Å². The lowest BCUT2D eigenvalue weighted by molar-refractivity contribution is -0.152. The van der Waals surface area contributed by atoms with Gasteiger partial charge in [0.2, 0.25) is 0 Å². The van der Waals surface area contributed by atoms with Crippen LogP contribution in [0, 0.1) is 11.3 Å². The normalized spacial score (nSPS) is 31.1. The minimum atomic E-state index is -0.136. The topological polar surface area (TPSA) is 35.5 Å². The second-order valence-electron chi connectivity index (χ2n) is 7.76. The van der Waals surface area contributed by atoms with Gasteiger partial charge in [-0.1, -0.05) is 18.6 Å². The van der Waals surface area contributed by atoms with Crippen molar-refractivity contribution in [1.82, 2.24) is 0 Å². The molecular formula is C21H26O3. The third kappa shape index (κ3) is 2.28. The molecule has 24 heavy (non-hydrogen) atoms. The Kier molecular flexibility index (Phi) is 3.70. The Morgan fingerprint density at radius 3 is 2.79 bits per heavy atom. The van der Waals surface area contributed by atoms with Gasteiger partial charge in [0.25, 0.3) is 0 Å². The smallest absolute Gasteiger partial charge is 0.302 e. The summed E-state index contributed by atoms with van der Waals surface area (Å²) in [6.45, 7) is 3.88. The molecule has 0 heterocycles. The van der Waals surface area contributed by atoms with Crippen molar-refractivity contribution < 1.29 is 14.3 Å². The summed E-state index contributed by atoms with van der Waals surface area (Å²) in [5, 5.41) is 0. The number of esters is 1. The van der Waals surface area contributed by atoms with Gasteiger partial charge < -0.3 is 9.47 Å². The summed E-state index contributed by atoms with van der Waals surface area (Å²) >= 11 is 0. The second kappa shape index (κ2) is 5.65. The number of allylic oxidation sites excluding steroid dienone is 2. The van der Waals surface area contributed by atoms with Crippen LogP contribution in [0.1, 0.15) is 57.1 Å². The Morgan fingerprint density at radius 1 is 1.21 bits per heavy atom. The standard InChI is InChI=1S/C21H26O3/c1-13(22)24-20-9-8-19-18-6-4-14-12-15(23-3)5-7-16(14)17(18)10-11-21(19,20)2/h5,7,12,19-20H,4,6,8-11H2,1-3H3/t19-,20-,21+/m1/s1. The highest BCUT2D eigenvalue weighted by Gasteiger charge is 2.52. The van der Waals surface area contributed by atoms with Gasteiger partial charge in [0, 0.05) is 12.3 Å². The molecule has 128 valence electrons. The summed E-state index contributed by atoms with van der Waals surface area (Å²) in [5.41, 5.74) is 6.16. The van der Waals surface area contributed by atoms with Crippen LogP contribution in [-0.4, -0.2) is 19.2 Å². The molecule has 0 unspecified atom stereocenters. The van der Waals surface area contributed by atoms with Crippen LogP contribution in [0.3, 0.4) is 0 Å². The Hall–Kier alpha value is -1.77. The first-order valence-electron chi connectivity index (χ1n) is 9.09. The molecule has 3 atom stereocenters. The Bertz CT molecular complexity index is 718. The fraction of sp³-hybridized carbons (Fsp3) is 0.571. The number of hydrogen-bond acceptors (Lipinski definition) is 3. The lowest BCUT2D eigenvalue weighted by Gasteiger charge is -2.44. The van der Waals surface area contributed by atoms with Crippen molar-refractivity contribution >= 4 is 11.5 Å². The maximum Gasteiger partial charge on any atom is 0.302 e. The third-order valence-electron chi connectivity index (χ3n) is 6.58. The van der Waals surface area contributed by atoms with Crippen molar-refractivity contribution in [3.05, 3.63) is 34.9 Å². The molecule has 3 heteroatoms. The van der Waals surface area contributed by atoms with Gasteiger partial charge >= 0.3 is 5.97 Å². The second-order valence-corrected chi connectivity index (χ2v) is 7.76. The van der Waals surface area contributed by atoms with Crippen molar-refractivity contribution in [1.29, 1.82) is 0 Å². The monoisotopic (exact) mass is 326 g/mol. The molecule has 4 rings (SSSR count). The first-order valence-corrected chi connectivity index (χ1v) is 9.09. The van der Waals surface area contributed by atoms with Gasteiger partial charge in [0.1, 0.15) is 11.9 Å². The average molecular weight is 326 g/mol. The number of methoxy groups -OCH3 is 1. The van der Waals surface area contributed by atoms with Gasteiger partial charge in [-0.25, -0.2) is 0 Å². The van der Waals surface area contributed by atoms with Crippen LogP contribution >= 0.6 is 0 Å².